The first kappa shape index (κ1) is 27.2. The third-order valence-corrected chi connectivity index (χ3v) is 6.87. The van der Waals surface area contributed by atoms with Crippen molar-refractivity contribution in [1.82, 2.24) is 49.3 Å². The van der Waals surface area contributed by atoms with Crippen molar-refractivity contribution in [2.24, 2.45) is 14.1 Å². The van der Waals surface area contributed by atoms with Gasteiger partial charge in [-0.25, -0.2) is 9.97 Å². The number of anilines is 2. The van der Waals surface area contributed by atoms with Crippen molar-refractivity contribution in [2.45, 2.75) is 37.4 Å². The van der Waals surface area contributed by atoms with Crippen molar-refractivity contribution < 1.29 is 19.4 Å². The Morgan fingerprint density at radius 1 is 1.07 bits per heavy atom. The van der Waals surface area contributed by atoms with E-state index < -0.39 is 24.5 Å². The molecule has 1 aromatic carbocycles. The zero-order valence-electron chi connectivity index (χ0n) is 23.0. The lowest BCUT2D eigenvalue weighted by molar-refractivity contribution is -0.140. The van der Waals surface area contributed by atoms with E-state index in [0.29, 0.717) is 42.4 Å². The van der Waals surface area contributed by atoms with Gasteiger partial charge in [-0.15, -0.1) is 10.2 Å². The highest BCUT2D eigenvalue weighted by molar-refractivity contribution is 5.84. The number of ether oxygens (including phenoxy) is 2. The topological polar surface area (TPSA) is 185 Å². The minimum absolute atomic E-state index is 0.171. The summed E-state index contributed by atoms with van der Waals surface area (Å²) in [7, 11) is 3.52. The number of hydrogen-bond donors (Lipinski definition) is 3. The number of fused-ring (bicyclic) bond motifs is 1. The second-order valence-electron chi connectivity index (χ2n) is 9.86. The van der Waals surface area contributed by atoms with Gasteiger partial charge in [0.1, 0.15) is 6.10 Å². The van der Waals surface area contributed by atoms with Gasteiger partial charge in [0, 0.05) is 32.8 Å². The lowest BCUT2D eigenvalue weighted by Gasteiger charge is -2.18. The number of tetrazole rings is 1. The second-order valence-corrected chi connectivity index (χ2v) is 9.86. The number of hydrogen-bond acceptors (Lipinski definition) is 13. The Balaban J connectivity index is 1.29. The van der Waals surface area contributed by atoms with E-state index in [1.807, 2.05) is 36.0 Å². The fourth-order valence-electron chi connectivity index (χ4n) is 4.89. The maximum absolute atomic E-state index is 11.3. The van der Waals surface area contributed by atoms with Gasteiger partial charge in [0.2, 0.25) is 11.8 Å². The lowest BCUT2D eigenvalue weighted by atomic mass is 10.1. The quantitative estimate of drug-likeness (QED) is 0.176. The molecule has 218 valence electrons. The van der Waals surface area contributed by atoms with E-state index in [1.54, 1.807) is 17.9 Å². The van der Waals surface area contributed by atoms with Gasteiger partial charge in [0.15, 0.2) is 35.4 Å². The molecule has 1 aliphatic heterocycles. The average molecular weight is 575 g/mol. The first-order valence-corrected chi connectivity index (χ1v) is 13.4. The number of aryl methyl sites for hydroxylation is 2. The maximum atomic E-state index is 11.3. The number of nitrogens with zero attached hydrogens (tertiary/aromatic N) is 10. The van der Waals surface area contributed by atoms with Gasteiger partial charge in [-0.05, 0) is 17.2 Å². The third-order valence-electron chi connectivity index (χ3n) is 6.87. The number of rotatable bonds is 12. The molecule has 6 rings (SSSR count). The molecule has 1 fully saturated rings. The van der Waals surface area contributed by atoms with Crippen LogP contribution in [0.5, 0.6) is 0 Å². The molecule has 0 bridgehead atoms. The molecule has 0 saturated carbocycles. The van der Waals surface area contributed by atoms with E-state index in [9.17, 15) is 9.90 Å². The average Bonchev–Trinajstić information content (AvgIpc) is 3.77. The zero-order valence-corrected chi connectivity index (χ0v) is 23.0. The van der Waals surface area contributed by atoms with Crippen LogP contribution in [0.4, 0.5) is 11.8 Å². The number of nitrogens with one attached hydrogen (secondary N) is 2. The summed E-state index contributed by atoms with van der Waals surface area (Å²) in [5.74, 6) is 1.06. The molecule has 0 spiro atoms. The van der Waals surface area contributed by atoms with Gasteiger partial charge in [-0.2, -0.15) is 14.8 Å². The highest BCUT2D eigenvalue weighted by atomic mass is 16.6. The summed E-state index contributed by atoms with van der Waals surface area (Å²) in [6.45, 7) is 1.41. The molecule has 16 heteroatoms. The molecular weight excluding hydrogens is 544 g/mol. The van der Waals surface area contributed by atoms with Crippen molar-refractivity contribution in [3.05, 3.63) is 66.3 Å². The number of benzene rings is 1. The molecular formula is C26H30N12O4. The van der Waals surface area contributed by atoms with Crippen LogP contribution in [-0.2, 0) is 41.2 Å². The van der Waals surface area contributed by atoms with Crippen molar-refractivity contribution in [2.75, 3.05) is 23.7 Å². The predicted octanol–water partition coefficient (Wildman–Crippen LogP) is 0.565. The largest absolute Gasteiger partial charge is 0.458 e. The number of aliphatic hydroxyl groups excluding tert-OH is 1. The van der Waals surface area contributed by atoms with E-state index in [2.05, 4.69) is 48.1 Å². The summed E-state index contributed by atoms with van der Waals surface area (Å²) < 4.78 is 14.8. The van der Waals surface area contributed by atoms with Gasteiger partial charge in [-0.1, -0.05) is 30.3 Å². The molecule has 4 aromatic heterocycles. The van der Waals surface area contributed by atoms with Gasteiger partial charge in [0.05, 0.1) is 25.4 Å². The summed E-state index contributed by atoms with van der Waals surface area (Å²) in [6, 6.07) is 10.1. The highest BCUT2D eigenvalue weighted by Crippen LogP contribution is 2.40. The first-order valence-electron chi connectivity index (χ1n) is 13.4. The Hall–Kier alpha value is -4.96. The molecule has 42 heavy (non-hydrogen) atoms. The fraction of sp³-hybridized carbons (Fsp3) is 0.385. The molecule has 5 aromatic rings. The first-order chi connectivity index (χ1) is 20.5. The highest BCUT2D eigenvalue weighted by Gasteiger charge is 2.49. The number of aliphatic hydroxyl groups is 1. The maximum Gasteiger partial charge on any atom is 0.293 e. The monoisotopic (exact) mass is 574 g/mol. The zero-order chi connectivity index (χ0) is 29.1. The van der Waals surface area contributed by atoms with Crippen LogP contribution in [0.3, 0.4) is 0 Å². The summed E-state index contributed by atoms with van der Waals surface area (Å²) >= 11 is 0. The number of carbonyl (C=O) groups excluding carboxylic acids is 1. The summed E-state index contributed by atoms with van der Waals surface area (Å²) in [5.41, 5.74) is 3.02. The normalized spacial score (nSPS) is 20.2. The van der Waals surface area contributed by atoms with Crippen molar-refractivity contribution in [3.8, 4) is 0 Å². The number of carbonyl (C=O) groups is 1. The van der Waals surface area contributed by atoms with Gasteiger partial charge in [-0.3, -0.25) is 9.36 Å². The lowest BCUT2D eigenvalue weighted by Crippen LogP contribution is -2.31. The molecule has 1 saturated heterocycles. The molecule has 0 amide bonds. The standard InChI is InChI=1S/C26H30N12O4/c1-36-12-17(29-13-36)9-11-28-26-31-22(27-10-8-16-6-4-3-5-7-16)18-24(32-26)38(14-30-18)25-19(40)20(41-15-39)21(42-25)23-33-35-37(2)34-23/h3-7,12-15,19-21,25,40H,8-11H2,1-2H3,(H2,27,28,31,32)/t19-,20+,21+,25-/m1/s1. The Kier molecular flexibility index (Phi) is 7.70. The van der Waals surface area contributed by atoms with E-state index in [0.717, 1.165) is 12.1 Å². The Bertz CT molecular complexity index is 1650. The van der Waals surface area contributed by atoms with Gasteiger partial charge < -0.3 is 29.8 Å². The van der Waals surface area contributed by atoms with E-state index in [4.69, 9.17) is 19.4 Å². The van der Waals surface area contributed by atoms with Gasteiger partial charge in [0.25, 0.3) is 6.47 Å². The van der Waals surface area contributed by atoms with Crippen LogP contribution in [0.15, 0.2) is 49.2 Å². The molecule has 5 heterocycles. The van der Waals surface area contributed by atoms with Crippen LogP contribution >= 0.6 is 0 Å². The molecule has 3 N–H and O–H groups in total. The van der Waals surface area contributed by atoms with Crippen LogP contribution in [0.25, 0.3) is 11.2 Å². The van der Waals surface area contributed by atoms with Crippen molar-refractivity contribution in [3.63, 3.8) is 0 Å². The third kappa shape index (κ3) is 5.61. The number of imidazole rings is 2. The van der Waals surface area contributed by atoms with Crippen LogP contribution < -0.4 is 10.6 Å². The SMILES string of the molecule is Cn1cnc(CCNc2nc(NCCc3ccccc3)c3ncn([C@@H]4O[C@H](c5nnn(C)n5)[C@@H](OC=O)[C@H]4O)c3n2)c1. The summed E-state index contributed by atoms with van der Waals surface area (Å²) in [4.78, 5) is 30.9. The minimum Gasteiger partial charge on any atom is -0.458 e. The van der Waals surface area contributed by atoms with Crippen LogP contribution in [0.2, 0.25) is 0 Å². The molecule has 1 aliphatic rings. The van der Waals surface area contributed by atoms with E-state index in [1.165, 1.54) is 16.7 Å². The Morgan fingerprint density at radius 3 is 2.64 bits per heavy atom. The smallest absolute Gasteiger partial charge is 0.293 e. The number of aromatic nitrogens is 10. The Labute approximate surface area is 239 Å². The molecule has 0 aliphatic carbocycles. The van der Waals surface area contributed by atoms with Crippen molar-refractivity contribution in [1.29, 1.82) is 0 Å². The Morgan fingerprint density at radius 2 is 1.90 bits per heavy atom. The second kappa shape index (κ2) is 11.9. The molecule has 4 atom stereocenters. The van der Waals surface area contributed by atoms with Crippen LogP contribution in [0, 0.1) is 0 Å². The van der Waals surface area contributed by atoms with Crippen LogP contribution in [-0.4, -0.2) is 86.2 Å². The fourth-order valence-corrected chi connectivity index (χ4v) is 4.89. The van der Waals surface area contributed by atoms with Crippen LogP contribution in [0.1, 0.15) is 29.4 Å². The predicted molar refractivity (Wildman–Crippen MR) is 148 cm³/mol. The molecule has 0 unspecified atom stereocenters. The van der Waals surface area contributed by atoms with E-state index >= 15 is 0 Å². The minimum atomic E-state index is -1.27. The van der Waals surface area contributed by atoms with E-state index in [-0.39, 0.29) is 12.3 Å². The summed E-state index contributed by atoms with van der Waals surface area (Å²) in [5, 5.41) is 29.8. The molecule has 16 nitrogen and oxygen atoms in total. The van der Waals surface area contributed by atoms with Crippen molar-refractivity contribution >= 4 is 29.4 Å². The summed E-state index contributed by atoms with van der Waals surface area (Å²) in [6.07, 6.45) is 2.35. The molecule has 0 radical (unpaired) electrons. The van der Waals surface area contributed by atoms with Gasteiger partial charge >= 0.3 is 0 Å².